The van der Waals surface area contributed by atoms with E-state index in [1.54, 1.807) is 38.0 Å². The summed E-state index contributed by atoms with van der Waals surface area (Å²) >= 11 is 0. The van der Waals surface area contributed by atoms with Gasteiger partial charge < -0.3 is 24.2 Å². The number of likely N-dealkylation sites (tertiary alicyclic amines) is 1. The highest BCUT2D eigenvalue weighted by molar-refractivity contribution is 7.89. The average Bonchev–Trinajstić information content (AvgIpc) is 3.22. The molecule has 1 saturated heterocycles. The van der Waals surface area contributed by atoms with Crippen LogP contribution < -0.4 is 4.74 Å². The number of rotatable bonds is 14. The van der Waals surface area contributed by atoms with Crippen LogP contribution in [0.15, 0.2) is 17.0 Å². The molecule has 1 aliphatic heterocycles. The van der Waals surface area contributed by atoms with Gasteiger partial charge in [-0.2, -0.15) is 4.31 Å². The Labute approximate surface area is 212 Å². The Morgan fingerprint density at radius 3 is 2.37 bits per heavy atom. The molecule has 0 radical (unpaired) electrons. The normalized spacial score (nSPS) is 16.9. The lowest BCUT2D eigenvalue weighted by atomic mass is 10.1. The van der Waals surface area contributed by atoms with Crippen molar-refractivity contribution in [3.63, 3.8) is 0 Å². The van der Waals surface area contributed by atoms with Crippen LogP contribution in [0, 0.1) is 19.8 Å². The summed E-state index contributed by atoms with van der Waals surface area (Å²) in [6, 6.07) is 3.43. The van der Waals surface area contributed by atoms with Crippen molar-refractivity contribution in [3.05, 3.63) is 23.3 Å². The number of hydrogen-bond donors (Lipinski definition) is 0. The molecule has 200 valence electrons. The predicted molar refractivity (Wildman–Crippen MR) is 138 cm³/mol. The van der Waals surface area contributed by atoms with Crippen molar-refractivity contribution in [3.8, 4) is 5.75 Å². The molecule has 0 aliphatic carbocycles. The first-order valence-corrected chi connectivity index (χ1v) is 13.7. The molecular formula is C25H44N4O5S. The molecule has 0 bridgehead atoms. The van der Waals surface area contributed by atoms with E-state index in [4.69, 9.17) is 9.47 Å². The summed E-state index contributed by atoms with van der Waals surface area (Å²) in [7, 11) is 5.40. The lowest BCUT2D eigenvalue weighted by Gasteiger charge is -2.23. The van der Waals surface area contributed by atoms with Gasteiger partial charge in [-0.1, -0.05) is 0 Å². The van der Waals surface area contributed by atoms with Crippen LogP contribution in [-0.2, 0) is 19.6 Å². The van der Waals surface area contributed by atoms with Gasteiger partial charge in [0.05, 0.1) is 18.6 Å². The van der Waals surface area contributed by atoms with Gasteiger partial charge in [-0.3, -0.25) is 4.79 Å². The first-order valence-electron chi connectivity index (χ1n) is 12.3. The summed E-state index contributed by atoms with van der Waals surface area (Å²) in [6.07, 6.45) is 2.26. The standard InChI is InChI=1S/C25H44N4O5S/c1-20-15-23(33-7)16-21(2)25(20)35(31,32)28(6)13-14-34-19-24(30)27(5)17-22-9-12-29(18-22)11-8-10-26(3)4/h15-16,22H,8-14,17-19H2,1-7H3/t22-/m0/s1. The Kier molecular flexibility index (Phi) is 11.4. The second-order valence-electron chi connectivity index (χ2n) is 9.86. The third-order valence-electron chi connectivity index (χ3n) is 6.52. The van der Waals surface area contributed by atoms with Crippen LogP contribution in [-0.4, -0.2) is 121 Å². The van der Waals surface area contributed by atoms with Gasteiger partial charge in [0, 0.05) is 33.7 Å². The summed E-state index contributed by atoms with van der Waals surface area (Å²) in [6.45, 7) is 8.79. The Bertz CT molecular complexity index is 915. The van der Waals surface area contributed by atoms with Gasteiger partial charge in [-0.15, -0.1) is 0 Å². The fourth-order valence-corrected chi connectivity index (χ4v) is 6.10. The van der Waals surface area contributed by atoms with Crippen LogP contribution in [0.1, 0.15) is 24.0 Å². The predicted octanol–water partition coefficient (Wildman–Crippen LogP) is 1.68. The van der Waals surface area contributed by atoms with Gasteiger partial charge in [-0.25, -0.2) is 8.42 Å². The number of likely N-dealkylation sites (N-methyl/N-ethyl adjacent to an activating group) is 2. The number of amides is 1. The summed E-state index contributed by atoms with van der Waals surface area (Å²) in [5, 5.41) is 0. The molecule has 0 spiro atoms. The lowest BCUT2D eigenvalue weighted by Crippen LogP contribution is -2.36. The van der Waals surface area contributed by atoms with Gasteiger partial charge in [0.1, 0.15) is 12.4 Å². The van der Waals surface area contributed by atoms with Crippen molar-refractivity contribution >= 4 is 15.9 Å². The molecule has 1 fully saturated rings. The fourth-order valence-electron chi connectivity index (χ4n) is 4.54. The molecule has 0 aromatic heterocycles. The molecule has 10 heteroatoms. The molecule has 35 heavy (non-hydrogen) atoms. The molecule has 1 amide bonds. The highest BCUT2D eigenvalue weighted by Gasteiger charge is 2.26. The van der Waals surface area contributed by atoms with Crippen LogP contribution in [0.25, 0.3) is 0 Å². The number of methoxy groups -OCH3 is 1. The molecule has 1 aromatic carbocycles. The van der Waals surface area contributed by atoms with E-state index >= 15 is 0 Å². The van der Waals surface area contributed by atoms with E-state index in [9.17, 15) is 13.2 Å². The second-order valence-corrected chi connectivity index (χ2v) is 11.8. The maximum atomic E-state index is 13.1. The number of aryl methyl sites for hydroxylation is 2. The van der Waals surface area contributed by atoms with Crippen molar-refractivity contribution in [1.82, 2.24) is 19.0 Å². The Hall–Kier alpha value is -1.72. The Morgan fingerprint density at radius 1 is 1.11 bits per heavy atom. The maximum absolute atomic E-state index is 13.1. The molecule has 9 nitrogen and oxygen atoms in total. The van der Waals surface area contributed by atoms with Crippen LogP contribution in [0.4, 0.5) is 0 Å². The van der Waals surface area contributed by atoms with Crippen molar-refractivity contribution in [2.75, 3.05) is 87.8 Å². The van der Waals surface area contributed by atoms with Gasteiger partial charge in [0.15, 0.2) is 0 Å². The highest BCUT2D eigenvalue weighted by Crippen LogP contribution is 2.27. The maximum Gasteiger partial charge on any atom is 0.248 e. The van der Waals surface area contributed by atoms with Gasteiger partial charge >= 0.3 is 0 Å². The number of sulfonamides is 1. The van der Waals surface area contributed by atoms with E-state index < -0.39 is 10.0 Å². The Balaban J connectivity index is 1.74. The van der Waals surface area contributed by atoms with E-state index in [1.807, 2.05) is 7.05 Å². The number of benzene rings is 1. The van der Waals surface area contributed by atoms with Crippen molar-refractivity contribution in [1.29, 1.82) is 0 Å². The molecule has 2 rings (SSSR count). The van der Waals surface area contributed by atoms with E-state index in [0.29, 0.717) is 22.8 Å². The third-order valence-corrected chi connectivity index (χ3v) is 8.68. The molecule has 1 aliphatic rings. The van der Waals surface area contributed by atoms with Crippen LogP contribution in [0.5, 0.6) is 5.75 Å². The first-order chi connectivity index (χ1) is 16.4. The zero-order valence-electron chi connectivity index (χ0n) is 22.5. The molecule has 1 heterocycles. The Morgan fingerprint density at radius 2 is 1.77 bits per heavy atom. The molecule has 0 N–H and O–H groups in total. The summed E-state index contributed by atoms with van der Waals surface area (Å²) < 4.78 is 38.2. The van der Waals surface area contributed by atoms with E-state index in [2.05, 4.69) is 23.9 Å². The quantitative estimate of drug-likeness (QED) is 0.351. The van der Waals surface area contributed by atoms with Gasteiger partial charge in [0.25, 0.3) is 0 Å². The number of nitrogens with zero attached hydrogens (tertiary/aromatic N) is 4. The number of hydrogen-bond acceptors (Lipinski definition) is 7. The summed E-state index contributed by atoms with van der Waals surface area (Å²) in [5.41, 5.74) is 1.27. The number of ether oxygens (including phenoxy) is 2. The van der Waals surface area contributed by atoms with Crippen LogP contribution >= 0.6 is 0 Å². The van der Waals surface area contributed by atoms with E-state index in [1.165, 1.54) is 11.4 Å². The first kappa shape index (κ1) is 29.5. The number of carbonyl (C=O) groups is 1. The molecule has 1 atom stereocenters. The van der Waals surface area contributed by atoms with Gasteiger partial charge in [0.2, 0.25) is 15.9 Å². The monoisotopic (exact) mass is 512 g/mol. The minimum atomic E-state index is -3.68. The second kappa shape index (κ2) is 13.5. The lowest BCUT2D eigenvalue weighted by molar-refractivity contribution is -0.135. The van der Waals surface area contributed by atoms with E-state index in [0.717, 1.165) is 45.6 Å². The molecular weight excluding hydrogens is 468 g/mol. The molecule has 1 aromatic rings. The number of carbonyl (C=O) groups excluding carboxylic acids is 1. The average molecular weight is 513 g/mol. The molecule has 0 saturated carbocycles. The summed E-state index contributed by atoms with van der Waals surface area (Å²) in [5.74, 6) is 1.03. The fraction of sp³-hybridized carbons (Fsp3) is 0.720. The minimum Gasteiger partial charge on any atom is -0.497 e. The topological polar surface area (TPSA) is 82.6 Å². The largest absolute Gasteiger partial charge is 0.497 e. The zero-order chi connectivity index (χ0) is 26.2. The highest BCUT2D eigenvalue weighted by atomic mass is 32.2. The van der Waals surface area contributed by atoms with Crippen LogP contribution in [0.2, 0.25) is 0 Å². The summed E-state index contributed by atoms with van der Waals surface area (Å²) in [4.78, 5) is 19.2. The van der Waals surface area contributed by atoms with Crippen molar-refractivity contribution in [2.45, 2.75) is 31.6 Å². The van der Waals surface area contributed by atoms with E-state index in [-0.39, 0.29) is 30.6 Å². The van der Waals surface area contributed by atoms with Crippen molar-refractivity contribution in [2.24, 2.45) is 5.92 Å². The zero-order valence-corrected chi connectivity index (χ0v) is 23.4. The third kappa shape index (κ3) is 8.71. The molecule has 0 unspecified atom stereocenters. The van der Waals surface area contributed by atoms with Crippen molar-refractivity contribution < 1.29 is 22.7 Å². The smallest absolute Gasteiger partial charge is 0.248 e. The van der Waals surface area contributed by atoms with Crippen LogP contribution in [0.3, 0.4) is 0 Å². The SMILES string of the molecule is COc1cc(C)c(S(=O)(=O)N(C)CCOCC(=O)N(C)C[C@@H]2CCN(CCCN(C)C)C2)c(C)c1. The minimum absolute atomic E-state index is 0.0513. The van der Waals surface area contributed by atoms with Gasteiger partial charge in [-0.05, 0) is 89.6 Å².